The zero-order valence-corrected chi connectivity index (χ0v) is 10.7. The Hall–Kier alpha value is -1.12. The molecule has 80 valence electrons. The van der Waals surface area contributed by atoms with Crippen LogP contribution in [0.5, 0.6) is 0 Å². The fraction of sp³-hybridized carbons (Fsp3) is 0.143. The van der Waals surface area contributed by atoms with Gasteiger partial charge in [-0.2, -0.15) is 11.3 Å². The predicted molar refractivity (Wildman–Crippen MR) is 73.7 cm³/mol. The molecule has 16 heavy (non-hydrogen) atoms. The van der Waals surface area contributed by atoms with E-state index in [9.17, 15) is 0 Å². The third-order valence-corrected chi connectivity index (χ3v) is 4.77. The SMILES string of the molecule is Cc1csc2c(Cc3ccsc3)cccc12. The standard InChI is InChI=1S/C14H12S2/c1-10-8-16-14-12(3-2-4-13(10)14)7-11-5-6-15-9-11/h2-6,8-9H,7H2,1H3. The van der Waals surface area contributed by atoms with Gasteiger partial charge in [0.05, 0.1) is 0 Å². The highest BCUT2D eigenvalue weighted by Crippen LogP contribution is 2.30. The molecule has 2 heteroatoms. The van der Waals surface area contributed by atoms with E-state index in [0.717, 1.165) is 6.42 Å². The summed E-state index contributed by atoms with van der Waals surface area (Å²) in [6.07, 6.45) is 1.06. The molecule has 0 aliphatic carbocycles. The van der Waals surface area contributed by atoms with Crippen LogP contribution in [0.1, 0.15) is 16.7 Å². The number of aryl methyl sites for hydroxylation is 1. The summed E-state index contributed by atoms with van der Waals surface area (Å²) in [4.78, 5) is 0. The fourth-order valence-electron chi connectivity index (χ4n) is 2.00. The van der Waals surface area contributed by atoms with Gasteiger partial charge in [-0.05, 0) is 57.6 Å². The van der Waals surface area contributed by atoms with Crippen molar-refractivity contribution in [1.29, 1.82) is 0 Å². The molecule has 0 amide bonds. The molecule has 2 heterocycles. The van der Waals surface area contributed by atoms with E-state index in [-0.39, 0.29) is 0 Å². The molecule has 0 bridgehead atoms. The molecule has 3 aromatic rings. The molecule has 0 N–H and O–H groups in total. The van der Waals surface area contributed by atoms with Gasteiger partial charge in [0.15, 0.2) is 0 Å². The van der Waals surface area contributed by atoms with Crippen LogP contribution in [0.15, 0.2) is 40.4 Å². The number of fused-ring (bicyclic) bond motifs is 1. The number of thiophene rings is 2. The van der Waals surface area contributed by atoms with Crippen LogP contribution >= 0.6 is 22.7 Å². The first-order chi connectivity index (χ1) is 7.84. The minimum absolute atomic E-state index is 1.06. The first-order valence-corrected chi connectivity index (χ1v) is 7.13. The Morgan fingerprint density at radius 2 is 2.06 bits per heavy atom. The molecule has 0 radical (unpaired) electrons. The van der Waals surface area contributed by atoms with E-state index in [1.165, 1.54) is 26.8 Å². The average Bonchev–Trinajstić information content (AvgIpc) is 2.90. The Balaban J connectivity index is 2.10. The normalized spacial score (nSPS) is 11.1. The molecule has 0 aliphatic heterocycles. The number of rotatable bonds is 2. The van der Waals surface area contributed by atoms with Crippen LogP contribution in [0.4, 0.5) is 0 Å². The van der Waals surface area contributed by atoms with Crippen LogP contribution in [0.2, 0.25) is 0 Å². The summed E-state index contributed by atoms with van der Waals surface area (Å²) in [5, 5.41) is 8.05. The lowest BCUT2D eigenvalue weighted by Crippen LogP contribution is -1.85. The predicted octanol–water partition coefficient (Wildman–Crippen LogP) is 4.86. The van der Waals surface area contributed by atoms with Crippen molar-refractivity contribution in [2.75, 3.05) is 0 Å². The highest BCUT2D eigenvalue weighted by molar-refractivity contribution is 7.17. The summed E-state index contributed by atoms with van der Waals surface area (Å²) < 4.78 is 1.45. The first kappa shape index (κ1) is 10.1. The molecule has 0 aliphatic rings. The number of hydrogen-bond acceptors (Lipinski definition) is 2. The van der Waals surface area contributed by atoms with Gasteiger partial charge in [0.1, 0.15) is 0 Å². The van der Waals surface area contributed by atoms with Gasteiger partial charge >= 0.3 is 0 Å². The van der Waals surface area contributed by atoms with E-state index in [1.54, 1.807) is 11.3 Å². The average molecular weight is 244 g/mol. The monoisotopic (exact) mass is 244 g/mol. The van der Waals surface area contributed by atoms with Crippen molar-refractivity contribution >= 4 is 32.8 Å². The highest BCUT2D eigenvalue weighted by Gasteiger charge is 2.05. The zero-order chi connectivity index (χ0) is 11.0. The Morgan fingerprint density at radius 3 is 2.88 bits per heavy atom. The highest BCUT2D eigenvalue weighted by atomic mass is 32.1. The molecule has 0 unspecified atom stereocenters. The zero-order valence-electron chi connectivity index (χ0n) is 9.07. The Kier molecular flexibility index (Phi) is 2.54. The molecule has 0 saturated heterocycles. The molecular formula is C14H12S2. The molecule has 0 spiro atoms. The third kappa shape index (κ3) is 1.68. The number of benzene rings is 1. The van der Waals surface area contributed by atoms with E-state index in [1.807, 2.05) is 11.3 Å². The second kappa shape index (κ2) is 4.04. The lowest BCUT2D eigenvalue weighted by atomic mass is 10.0. The molecule has 3 rings (SSSR count). The van der Waals surface area contributed by atoms with Gasteiger partial charge in [-0.15, -0.1) is 11.3 Å². The maximum atomic E-state index is 2.25. The van der Waals surface area contributed by atoms with Crippen LogP contribution in [-0.2, 0) is 6.42 Å². The van der Waals surface area contributed by atoms with Crippen molar-refractivity contribution in [2.24, 2.45) is 0 Å². The molecule has 0 nitrogen and oxygen atoms in total. The summed E-state index contributed by atoms with van der Waals surface area (Å²) in [6, 6.07) is 8.85. The van der Waals surface area contributed by atoms with Gasteiger partial charge in [0, 0.05) is 4.70 Å². The quantitative estimate of drug-likeness (QED) is 0.604. The second-order valence-corrected chi connectivity index (χ2v) is 5.68. The summed E-state index contributed by atoms with van der Waals surface area (Å²) in [5.74, 6) is 0. The van der Waals surface area contributed by atoms with E-state index in [0.29, 0.717) is 0 Å². The lowest BCUT2D eigenvalue weighted by Gasteiger charge is -2.01. The van der Waals surface area contributed by atoms with E-state index >= 15 is 0 Å². The van der Waals surface area contributed by atoms with E-state index < -0.39 is 0 Å². The Morgan fingerprint density at radius 1 is 1.12 bits per heavy atom. The molecular weight excluding hydrogens is 232 g/mol. The van der Waals surface area contributed by atoms with Crippen LogP contribution in [0, 0.1) is 6.92 Å². The summed E-state index contributed by atoms with van der Waals surface area (Å²) in [7, 11) is 0. The van der Waals surface area contributed by atoms with Crippen LogP contribution in [0.3, 0.4) is 0 Å². The molecule has 2 aromatic heterocycles. The van der Waals surface area contributed by atoms with E-state index in [2.05, 4.69) is 47.3 Å². The summed E-state index contributed by atoms with van der Waals surface area (Å²) in [6.45, 7) is 2.19. The van der Waals surface area contributed by atoms with Crippen molar-refractivity contribution in [3.05, 3.63) is 57.1 Å². The first-order valence-electron chi connectivity index (χ1n) is 5.31. The fourth-order valence-corrected chi connectivity index (χ4v) is 3.74. The van der Waals surface area contributed by atoms with Crippen LogP contribution in [0.25, 0.3) is 10.1 Å². The molecule has 0 saturated carbocycles. The topological polar surface area (TPSA) is 0 Å². The minimum atomic E-state index is 1.06. The largest absolute Gasteiger partial charge is 0.152 e. The minimum Gasteiger partial charge on any atom is -0.152 e. The Labute approximate surface area is 103 Å². The van der Waals surface area contributed by atoms with Gasteiger partial charge in [0.2, 0.25) is 0 Å². The van der Waals surface area contributed by atoms with Crippen molar-refractivity contribution in [1.82, 2.24) is 0 Å². The maximum absolute atomic E-state index is 2.25. The Bertz CT molecular complexity index is 603. The van der Waals surface area contributed by atoms with Crippen molar-refractivity contribution in [3.63, 3.8) is 0 Å². The van der Waals surface area contributed by atoms with Crippen molar-refractivity contribution in [3.8, 4) is 0 Å². The van der Waals surface area contributed by atoms with Gasteiger partial charge in [-0.3, -0.25) is 0 Å². The van der Waals surface area contributed by atoms with Gasteiger partial charge in [-0.25, -0.2) is 0 Å². The number of hydrogen-bond donors (Lipinski definition) is 0. The second-order valence-electron chi connectivity index (χ2n) is 4.02. The smallest absolute Gasteiger partial charge is 0.0380 e. The molecule has 0 atom stereocenters. The van der Waals surface area contributed by atoms with Crippen molar-refractivity contribution < 1.29 is 0 Å². The maximum Gasteiger partial charge on any atom is 0.0380 e. The van der Waals surface area contributed by atoms with Crippen molar-refractivity contribution in [2.45, 2.75) is 13.3 Å². The van der Waals surface area contributed by atoms with Gasteiger partial charge < -0.3 is 0 Å². The molecule has 1 aromatic carbocycles. The van der Waals surface area contributed by atoms with Gasteiger partial charge in [-0.1, -0.05) is 18.2 Å². The summed E-state index contributed by atoms with van der Waals surface area (Å²) >= 11 is 3.64. The van der Waals surface area contributed by atoms with Gasteiger partial charge in [0.25, 0.3) is 0 Å². The molecule has 0 fully saturated rings. The lowest BCUT2D eigenvalue weighted by molar-refractivity contribution is 1.24. The summed E-state index contributed by atoms with van der Waals surface area (Å²) in [5.41, 5.74) is 4.27. The van der Waals surface area contributed by atoms with Crippen LogP contribution < -0.4 is 0 Å². The van der Waals surface area contributed by atoms with E-state index in [4.69, 9.17) is 0 Å². The third-order valence-electron chi connectivity index (χ3n) is 2.85. The van der Waals surface area contributed by atoms with Crippen LogP contribution in [-0.4, -0.2) is 0 Å².